The molecule has 3 rings (SSSR count). The van der Waals surface area contributed by atoms with E-state index in [0.29, 0.717) is 5.92 Å². The first-order valence-corrected chi connectivity index (χ1v) is 11.3. The topological polar surface area (TPSA) is 97.7 Å². The van der Waals surface area contributed by atoms with Crippen LogP contribution in [-0.4, -0.2) is 53.8 Å². The number of likely N-dealkylation sites (tertiary alicyclic amines) is 1. The molecule has 0 radical (unpaired) electrons. The van der Waals surface area contributed by atoms with Crippen molar-refractivity contribution in [3.8, 4) is 0 Å². The van der Waals surface area contributed by atoms with Gasteiger partial charge < -0.3 is 14.1 Å². The van der Waals surface area contributed by atoms with E-state index in [-0.39, 0.29) is 0 Å². The molecular weight excluding hydrogens is 366 g/mol. The van der Waals surface area contributed by atoms with E-state index in [0.717, 1.165) is 23.0 Å². The standard InChI is InChI=1S/C20H32NO.H2O4S/c1-21(15-8-9-16-21)17-14-20(22,18-10-4-2-5-11-18)19-12-6-3-7-13-19;1-5(2,3)4/h2,4-5,10-11,19,22H,3,6-9,12-17H2,1H3;(H2,1,2,3,4)/q+1;/p-1. The van der Waals surface area contributed by atoms with Crippen molar-refractivity contribution in [3.63, 3.8) is 0 Å². The summed E-state index contributed by atoms with van der Waals surface area (Å²) in [5.41, 5.74) is 0.527. The van der Waals surface area contributed by atoms with Crippen molar-refractivity contribution >= 4 is 10.4 Å². The molecule has 1 saturated carbocycles. The summed E-state index contributed by atoms with van der Waals surface area (Å²) in [7, 11) is -2.54. The van der Waals surface area contributed by atoms with Crippen LogP contribution in [0.4, 0.5) is 0 Å². The maximum atomic E-state index is 11.7. The summed E-state index contributed by atoms with van der Waals surface area (Å²) in [6, 6.07) is 10.5. The molecule has 0 amide bonds. The van der Waals surface area contributed by atoms with Gasteiger partial charge in [0.25, 0.3) is 0 Å². The lowest BCUT2D eigenvalue weighted by atomic mass is 9.71. The van der Waals surface area contributed by atoms with Crippen LogP contribution in [0, 0.1) is 5.92 Å². The van der Waals surface area contributed by atoms with Gasteiger partial charge in [-0.1, -0.05) is 49.6 Å². The summed E-state index contributed by atoms with van der Waals surface area (Å²) in [4.78, 5) is 0. The molecule has 27 heavy (non-hydrogen) atoms. The van der Waals surface area contributed by atoms with E-state index in [4.69, 9.17) is 17.5 Å². The second-order valence-corrected chi connectivity index (χ2v) is 9.16. The van der Waals surface area contributed by atoms with E-state index in [9.17, 15) is 5.11 Å². The third kappa shape index (κ3) is 7.16. The number of rotatable bonds is 5. The lowest BCUT2D eigenvalue weighted by Crippen LogP contribution is -2.46. The van der Waals surface area contributed by atoms with Crippen LogP contribution in [0.15, 0.2) is 30.3 Å². The molecule has 154 valence electrons. The Balaban J connectivity index is 0.000000465. The second kappa shape index (κ2) is 9.47. The fraction of sp³-hybridized carbons (Fsp3) is 0.700. The normalized spacial score (nSPS) is 22.5. The number of quaternary nitrogens is 1. The number of aliphatic hydroxyl groups is 1. The van der Waals surface area contributed by atoms with E-state index >= 15 is 0 Å². The van der Waals surface area contributed by atoms with Crippen LogP contribution in [-0.2, 0) is 16.0 Å². The molecule has 1 aliphatic carbocycles. The third-order valence-corrected chi connectivity index (χ3v) is 6.23. The summed E-state index contributed by atoms with van der Waals surface area (Å²) in [6.45, 7) is 3.69. The van der Waals surface area contributed by atoms with Gasteiger partial charge in [0.2, 0.25) is 10.4 Å². The van der Waals surface area contributed by atoms with E-state index in [1.807, 2.05) is 0 Å². The van der Waals surface area contributed by atoms with Gasteiger partial charge in [-0.05, 0) is 24.3 Å². The largest absolute Gasteiger partial charge is 0.726 e. The number of nitrogens with zero attached hydrogens (tertiary/aromatic N) is 1. The molecule has 1 aromatic carbocycles. The Kier molecular flexibility index (Phi) is 7.83. The van der Waals surface area contributed by atoms with Crippen molar-refractivity contribution in [2.75, 3.05) is 26.7 Å². The highest BCUT2D eigenvalue weighted by Gasteiger charge is 2.41. The fourth-order valence-corrected chi connectivity index (χ4v) is 4.65. The molecule has 1 saturated heterocycles. The maximum Gasteiger partial charge on any atom is 0.215 e. The van der Waals surface area contributed by atoms with Gasteiger partial charge in [0.1, 0.15) is 0 Å². The zero-order chi connectivity index (χ0) is 20.0. The maximum absolute atomic E-state index is 11.7. The molecule has 1 aromatic rings. The lowest BCUT2D eigenvalue weighted by molar-refractivity contribution is -0.898. The minimum absolute atomic E-state index is 0.442. The highest BCUT2D eigenvalue weighted by Crippen LogP contribution is 2.42. The van der Waals surface area contributed by atoms with E-state index in [2.05, 4.69) is 37.4 Å². The van der Waals surface area contributed by atoms with Crippen molar-refractivity contribution < 1.29 is 27.1 Å². The zero-order valence-corrected chi connectivity index (χ0v) is 17.0. The number of hydrogen-bond donors (Lipinski definition) is 2. The van der Waals surface area contributed by atoms with Gasteiger partial charge in [-0.2, -0.15) is 0 Å². The molecule has 0 aromatic heterocycles. The van der Waals surface area contributed by atoms with Crippen molar-refractivity contribution in [1.82, 2.24) is 0 Å². The van der Waals surface area contributed by atoms with E-state index < -0.39 is 16.0 Å². The van der Waals surface area contributed by atoms with Gasteiger partial charge in [0.15, 0.2) is 0 Å². The Morgan fingerprint density at radius 1 is 1.07 bits per heavy atom. The first-order valence-electron chi connectivity index (χ1n) is 9.92. The van der Waals surface area contributed by atoms with Gasteiger partial charge in [-0.25, -0.2) is 8.42 Å². The van der Waals surface area contributed by atoms with Crippen LogP contribution < -0.4 is 0 Å². The molecule has 0 bridgehead atoms. The van der Waals surface area contributed by atoms with Crippen molar-refractivity contribution in [3.05, 3.63) is 35.9 Å². The second-order valence-electron chi connectivity index (χ2n) is 8.30. The summed E-state index contributed by atoms with van der Waals surface area (Å²) >= 11 is 0. The average molecular weight is 400 g/mol. The van der Waals surface area contributed by atoms with Crippen LogP contribution in [0.2, 0.25) is 0 Å². The van der Waals surface area contributed by atoms with Crippen LogP contribution in [0.25, 0.3) is 0 Å². The predicted molar refractivity (Wildman–Crippen MR) is 104 cm³/mol. The highest BCUT2D eigenvalue weighted by atomic mass is 32.3. The number of benzene rings is 1. The Labute approximate surface area is 163 Å². The van der Waals surface area contributed by atoms with Gasteiger partial charge in [0.05, 0.1) is 32.3 Å². The predicted octanol–water partition coefficient (Wildman–Crippen LogP) is 3.09. The smallest absolute Gasteiger partial charge is 0.215 e. The molecule has 1 aliphatic heterocycles. The molecule has 2 fully saturated rings. The zero-order valence-electron chi connectivity index (χ0n) is 16.2. The molecule has 2 aliphatic rings. The molecule has 6 nitrogen and oxygen atoms in total. The molecule has 1 unspecified atom stereocenters. The Hall–Kier alpha value is -0.990. The van der Waals surface area contributed by atoms with Crippen LogP contribution >= 0.6 is 0 Å². The molecule has 1 atom stereocenters. The average Bonchev–Trinajstić information content (AvgIpc) is 3.07. The third-order valence-electron chi connectivity index (χ3n) is 6.23. The molecule has 7 heteroatoms. The van der Waals surface area contributed by atoms with Crippen molar-refractivity contribution in [2.45, 2.75) is 57.0 Å². The summed E-state index contributed by atoms with van der Waals surface area (Å²) in [5.74, 6) is 0.442. The minimum atomic E-state index is -4.92. The molecular formula is C20H33NO5S. The van der Waals surface area contributed by atoms with Gasteiger partial charge >= 0.3 is 0 Å². The first kappa shape index (κ1) is 22.3. The van der Waals surface area contributed by atoms with Crippen LogP contribution in [0.1, 0.15) is 56.9 Å². The first-order chi connectivity index (χ1) is 12.6. The van der Waals surface area contributed by atoms with Gasteiger partial charge in [-0.3, -0.25) is 4.55 Å². The SMILES string of the molecule is C[N+]1(CCC(O)(c2ccccc2)C2CCCCC2)CCCC1.O=S(=O)([O-])O. The summed E-state index contributed by atoms with van der Waals surface area (Å²) in [5, 5.41) is 11.7. The minimum Gasteiger partial charge on any atom is -0.726 e. The quantitative estimate of drug-likeness (QED) is 0.450. The lowest BCUT2D eigenvalue weighted by Gasteiger charge is -2.41. The Morgan fingerprint density at radius 2 is 1.59 bits per heavy atom. The van der Waals surface area contributed by atoms with Crippen LogP contribution in [0.3, 0.4) is 0 Å². The Bertz CT molecular complexity index is 659. The molecule has 2 N–H and O–H groups in total. The van der Waals surface area contributed by atoms with Crippen molar-refractivity contribution in [1.29, 1.82) is 0 Å². The summed E-state index contributed by atoms with van der Waals surface area (Å²) in [6.07, 6.45) is 9.91. The van der Waals surface area contributed by atoms with Crippen molar-refractivity contribution in [2.24, 2.45) is 5.92 Å². The fourth-order valence-electron chi connectivity index (χ4n) is 4.65. The van der Waals surface area contributed by atoms with E-state index in [1.54, 1.807) is 0 Å². The monoisotopic (exact) mass is 399 g/mol. The Morgan fingerprint density at radius 3 is 2.11 bits per heavy atom. The molecule has 1 heterocycles. The summed E-state index contributed by atoms with van der Waals surface area (Å²) < 4.78 is 34.0. The molecule has 0 spiro atoms. The number of hydrogen-bond acceptors (Lipinski definition) is 4. The van der Waals surface area contributed by atoms with Crippen LogP contribution in [0.5, 0.6) is 0 Å². The highest BCUT2D eigenvalue weighted by molar-refractivity contribution is 7.79. The van der Waals surface area contributed by atoms with E-state index in [1.165, 1.54) is 58.0 Å². The van der Waals surface area contributed by atoms with Gasteiger partial charge in [0, 0.05) is 19.3 Å². The van der Waals surface area contributed by atoms with Gasteiger partial charge in [-0.15, -0.1) is 0 Å².